The van der Waals surface area contributed by atoms with Gasteiger partial charge in [0, 0.05) is 24.6 Å². The Hall–Kier alpha value is -3.14. The molecule has 0 atom stereocenters. The van der Waals surface area contributed by atoms with E-state index >= 15 is 0 Å². The lowest BCUT2D eigenvalue weighted by atomic mass is 10.1. The molecule has 0 saturated carbocycles. The molecule has 27 heavy (non-hydrogen) atoms. The summed E-state index contributed by atoms with van der Waals surface area (Å²) in [6.45, 7) is 4.88. The van der Waals surface area contributed by atoms with Gasteiger partial charge in [0.15, 0.2) is 0 Å². The van der Waals surface area contributed by atoms with E-state index in [0.29, 0.717) is 5.56 Å². The lowest BCUT2D eigenvalue weighted by Crippen LogP contribution is -2.15. The molecule has 0 aliphatic heterocycles. The first kappa shape index (κ1) is 18.6. The molecule has 3 rings (SSSR count). The van der Waals surface area contributed by atoms with Crippen LogP contribution < -0.4 is 10.6 Å². The normalized spacial score (nSPS) is 10.4. The highest BCUT2D eigenvalue weighted by Gasteiger charge is 2.11. The summed E-state index contributed by atoms with van der Waals surface area (Å²) in [7, 11) is 0. The highest BCUT2D eigenvalue weighted by molar-refractivity contribution is 6.05. The van der Waals surface area contributed by atoms with Gasteiger partial charge < -0.3 is 10.6 Å². The molecule has 4 nitrogen and oxygen atoms in total. The molecule has 1 amide bonds. The molecule has 0 aliphatic carbocycles. The molecule has 2 N–H and O–H groups in total. The number of para-hydroxylation sites is 1. The molecule has 1 aromatic heterocycles. The molecule has 4 heteroatoms. The third kappa shape index (κ3) is 4.94. The van der Waals surface area contributed by atoms with Gasteiger partial charge in [-0.25, -0.2) is 0 Å². The molecule has 0 unspecified atom stereocenters. The predicted molar refractivity (Wildman–Crippen MR) is 111 cm³/mol. The van der Waals surface area contributed by atoms with E-state index in [1.54, 1.807) is 12.4 Å². The van der Waals surface area contributed by atoms with Crippen LogP contribution in [0.4, 0.5) is 11.4 Å². The summed E-state index contributed by atoms with van der Waals surface area (Å²) in [4.78, 5) is 16.9. The fraction of sp³-hybridized carbons (Fsp3) is 0.217. The van der Waals surface area contributed by atoms with E-state index in [0.717, 1.165) is 41.9 Å². The Balaban J connectivity index is 1.65. The van der Waals surface area contributed by atoms with E-state index < -0.39 is 0 Å². The second-order valence-electron chi connectivity index (χ2n) is 6.54. The van der Waals surface area contributed by atoms with Gasteiger partial charge in [-0.15, -0.1) is 0 Å². The van der Waals surface area contributed by atoms with Crippen molar-refractivity contribution in [3.8, 4) is 0 Å². The Bertz CT molecular complexity index is 907. The average Bonchev–Trinajstić information content (AvgIpc) is 2.70. The molecule has 1 heterocycles. The Kier molecular flexibility index (Phi) is 6.21. The van der Waals surface area contributed by atoms with Crippen LogP contribution in [0, 0.1) is 6.92 Å². The molecule has 0 bridgehead atoms. The number of amides is 1. The SMILES string of the molecule is CCc1cccc(C)c1NC(=O)c1cncc(NCCc2ccccc2)c1. The maximum atomic E-state index is 12.7. The number of nitrogens with one attached hydrogen (secondary N) is 2. The minimum Gasteiger partial charge on any atom is -0.383 e. The van der Waals surface area contributed by atoms with E-state index in [4.69, 9.17) is 0 Å². The van der Waals surface area contributed by atoms with E-state index in [1.165, 1.54) is 5.56 Å². The van der Waals surface area contributed by atoms with Gasteiger partial charge in [-0.2, -0.15) is 0 Å². The summed E-state index contributed by atoms with van der Waals surface area (Å²) in [6.07, 6.45) is 5.13. The van der Waals surface area contributed by atoms with Crippen molar-refractivity contribution in [1.82, 2.24) is 4.98 Å². The molecule has 0 radical (unpaired) electrons. The zero-order valence-corrected chi connectivity index (χ0v) is 15.8. The van der Waals surface area contributed by atoms with Gasteiger partial charge in [0.25, 0.3) is 5.91 Å². The van der Waals surface area contributed by atoms with Gasteiger partial charge >= 0.3 is 0 Å². The van der Waals surface area contributed by atoms with Crippen molar-refractivity contribution in [2.75, 3.05) is 17.2 Å². The van der Waals surface area contributed by atoms with E-state index in [2.05, 4.69) is 34.7 Å². The highest BCUT2D eigenvalue weighted by atomic mass is 16.1. The van der Waals surface area contributed by atoms with Crippen LogP contribution in [0.1, 0.15) is 34.0 Å². The van der Waals surface area contributed by atoms with Gasteiger partial charge in [-0.1, -0.05) is 55.5 Å². The number of benzene rings is 2. The summed E-state index contributed by atoms with van der Waals surface area (Å²) in [5.41, 5.74) is 5.76. The smallest absolute Gasteiger partial charge is 0.257 e. The predicted octanol–water partition coefficient (Wildman–Crippen LogP) is 4.86. The monoisotopic (exact) mass is 359 g/mol. The quantitative estimate of drug-likeness (QED) is 0.633. The zero-order valence-electron chi connectivity index (χ0n) is 15.8. The Morgan fingerprint density at radius 1 is 1.04 bits per heavy atom. The summed E-state index contributed by atoms with van der Waals surface area (Å²) >= 11 is 0. The largest absolute Gasteiger partial charge is 0.383 e. The molecule has 0 saturated heterocycles. The summed E-state index contributed by atoms with van der Waals surface area (Å²) in [5.74, 6) is -0.141. The van der Waals surface area contributed by atoms with Crippen LogP contribution in [0.5, 0.6) is 0 Å². The molecule has 0 aliphatic rings. The van der Waals surface area contributed by atoms with E-state index in [-0.39, 0.29) is 5.91 Å². The van der Waals surface area contributed by atoms with E-state index in [9.17, 15) is 4.79 Å². The summed E-state index contributed by atoms with van der Waals surface area (Å²) < 4.78 is 0. The molecular weight excluding hydrogens is 334 g/mol. The maximum absolute atomic E-state index is 12.7. The van der Waals surface area contributed by atoms with Gasteiger partial charge in [0.05, 0.1) is 11.3 Å². The molecular formula is C23H25N3O. The fourth-order valence-electron chi connectivity index (χ4n) is 3.04. The zero-order chi connectivity index (χ0) is 19.1. The lowest BCUT2D eigenvalue weighted by Gasteiger charge is -2.13. The molecule has 0 fully saturated rings. The van der Waals surface area contributed by atoms with Crippen LogP contribution in [0.25, 0.3) is 0 Å². The van der Waals surface area contributed by atoms with Crippen molar-refractivity contribution in [3.63, 3.8) is 0 Å². The number of hydrogen-bond acceptors (Lipinski definition) is 3. The van der Waals surface area contributed by atoms with Gasteiger partial charge in [-0.05, 0) is 42.5 Å². The van der Waals surface area contributed by atoms with Crippen molar-refractivity contribution >= 4 is 17.3 Å². The topological polar surface area (TPSA) is 54.0 Å². The number of nitrogens with zero attached hydrogens (tertiary/aromatic N) is 1. The molecule has 0 spiro atoms. The van der Waals surface area contributed by atoms with Crippen LogP contribution in [0.3, 0.4) is 0 Å². The van der Waals surface area contributed by atoms with E-state index in [1.807, 2.05) is 49.4 Å². The Morgan fingerprint density at radius 3 is 2.63 bits per heavy atom. The first-order valence-electron chi connectivity index (χ1n) is 9.30. The summed E-state index contributed by atoms with van der Waals surface area (Å²) in [6, 6.07) is 18.2. The minimum absolute atomic E-state index is 0.141. The molecule has 3 aromatic rings. The van der Waals surface area contributed by atoms with Gasteiger partial charge in [0.1, 0.15) is 0 Å². The fourth-order valence-corrected chi connectivity index (χ4v) is 3.04. The van der Waals surface area contributed by atoms with Crippen molar-refractivity contribution < 1.29 is 4.79 Å². The second-order valence-corrected chi connectivity index (χ2v) is 6.54. The lowest BCUT2D eigenvalue weighted by molar-refractivity contribution is 0.102. The summed E-state index contributed by atoms with van der Waals surface area (Å²) in [5, 5.41) is 6.39. The van der Waals surface area contributed by atoms with Crippen molar-refractivity contribution in [1.29, 1.82) is 0 Å². The average molecular weight is 359 g/mol. The third-order valence-electron chi connectivity index (χ3n) is 4.56. The first-order chi connectivity index (χ1) is 13.2. The first-order valence-corrected chi connectivity index (χ1v) is 9.30. The number of carbonyl (C=O) groups excluding carboxylic acids is 1. The third-order valence-corrected chi connectivity index (χ3v) is 4.56. The molecule has 2 aromatic carbocycles. The highest BCUT2D eigenvalue weighted by Crippen LogP contribution is 2.22. The number of hydrogen-bond donors (Lipinski definition) is 2. The molecule has 138 valence electrons. The maximum Gasteiger partial charge on any atom is 0.257 e. The number of anilines is 2. The number of aromatic nitrogens is 1. The standard InChI is InChI=1S/C23H25N3O/c1-3-19-11-7-8-17(2)22(19)26-23(27)20-14-21(16-24-15-20)25-13-12-18-9-5-4-6-10-18/h4-11,14-16,25H,3,12-13H2,1-2H3,(H,26,27). The van der Waals surface area contributed by atoms with Crippen molar-refractivity contribution in [2.45, 2.75) is 26.7 Å². The van der Waals surface area contributed by atoms with Crippen LogP contribution in [-0.4, -0.2) is 17.4 Å². The number of rotatable bonds is 7. The van der Waals surface area contributed by atoms with Crippen molar-refractivity contribution in [2.24, 2.45) is 0 Å². The van der Waals surface area contributed by atoms with Crippen LogP contribution in [-0.2, 0) is 12.8 Å². The van der Waals surface area contributed by atoms with Gasteiger partial charge in [-0.3, -0.25) is 9.78 Å². The minimum atomic E-state index is -0.141. The number of carbonyl (C=O) groups is 1. The van der Waals surface area contributed by atoms with Crippen LogP contribution >= 0.6 is 0 Å². The van der Waals surface area contributed by atoms with Crippen LogP contribution in [0.2, 0.25) is 0 Å². The number of pyridine rings is 1. The second kappa shape index (κ2) is 8.99. The van der Waals surface area contributed by atoms with Crippen LogP contribution in [0.15, 0.2) is 67.0 Å². The van der Waals surface area contributed by atoms with Crippen molar-refractivity contribution in [3.05, 3.63) is 89.2 Å². The Morgan fingerprint density at radius 2 is 1.85 bits per heavy atom. The number of aryl methyl sites for hydroxylation is 2. The van der Waals surface area contributed by atoms with Gasteiger partial charge in [0.2, 0.25) is 0 Å². The Labute approximate surface area is 160 Å².